The van der Waals surface area contributed by atoms with E-state index in [1.165, 1.54) is 0 Å². The molecule has 104 valence electrons. The number of piperazine rings is 1. The molecular formula is C12H22ClN3O2. The van der Waals surface area contributed by atoms with E-state index in [1.54, 1.807) is 4.90 Å². The van der Waals surface area contributed by atoms with Crippen LogP contribution in [0.15, 0.2) is 0 Å². The monoisotopic (exact) mass is 275 g/mol. The molecule has 2 N–H and O–H groups in total. The summed E-state index contributed by atoms with van der Waals surface area (Å²) >= 11 is 0. The van der Waals surface area contributed by atoms with E-state index in [4.69, 9.17) is 0 Å². The Balaban J connectivity index is 0.00000162. The summed E-state index contributed by atoms with van der Waals surface area (Å²) in [6.07, 6.45) is 2.69. The van der Waals surface area contributed by atoms with Crippen molar-refractivity contribution in [3.63, 3.8) is 0 Å². The number of amides is 2. The van der Waals surface area contributed by atoms with Gasteiger partial charge in [0.1, 0.15) is 6.04 Å². The SMILES string of the molecule is CCC1C(=O)NCCN1C(=O)C1CCCNC1.Cl. The van der Waals surface area contributed by atoms with Crippen molar-refractivity contribution in [2.45, 2.75) is 32.2 Å². The average Bonchev–Trinajstić information content (AvgIpc) is 2.38. The van der Waals surface area contributed by atoms with E-state index in [1.807, 2.05) is 6.92 Å². The minimum Gasteiger partial charge on any atom is -0.353 e. The molecule has 0 aromatic rings. The van der Waals surface area contributed by atoms with Crippen molar-refractivity contribution in [3.05, 3.63) is 0 Å². The first-order valence-electron chi connectivity index (χ1n) is 6.53. The summed E-state index contributed by atoms with van der Waals surface area (Å²) in [5.41, 5.74) is 0. The quantitative estimate of drug-likeness (QED) is 0.754. The zero-order valence-corrected chi connectivity index (χ0v) is 11.6. The van der Waals surface area contributed by atoms with Crippen LogP contribution in [0.3, 0.4) is 0 Å². The molecule has 5 nitrogen and oxygen atoms in total. The van der Waals surface area contributed by atoms with E-state index < -0.39 is 0 Å². The third-order valence-electron chi connectivity index (χ3n) is 3.65. The van der Waals surface area contributed by atoms with Gasteiger partial charge in [0.05, 0.1) is 5.92 Å². The molecule has 2 aliphatic heterocycles. The molecule has 18 heavy (non-hydrogen) atoms. The van der Waals surface area contributed by atoms with Crippen molar-refractivity contribution in [3.8, 4) is 0 Å². The van der Waals surface area contributed by atoms with Crippen LogP contribution < -0.4 is 10.6 Å². The molecule has 0 aromatic heterocycles. The molecule has 2 rings (SSSR count). The van der Waals surface area contributed by atoms with Gasteiger partial charge in [-0.15, -0.1) is 12.4 Å². The lowest BCUT2D eigenvalue weighted by Gasteiger charge is -2.37. The summed E-state index contributed by atoms with van der Waals surface area (Å²) in [6.45, 7) is 4.95. The van der Waals surface area contributed by atoms with Crippen LogP contribution in [0.4, 0.5) is 0 Å². The first-order valence-corrected chi connectivity index (χ1v) is 6.53. The third-order valence-corrected chi connectivity index (χ3v) is 3.65. The second-order valence-corrected chi connectivity index (χ2v) is 4.79. The molecule has 2 heterocycles. The lowest BCUT2D eigenvalue weighted by atomic mass is 9.96. The standard InChI is InChI=1S/C12H21N3O2.ClH/c1-2-10-11(16)14-6-7-15(10)12(17)9-4-3-5-13-8-9;/h9-10,13H,2-8H2,1H3,(H,14,16);1H. The van der Waals surface area contributed by atoms with Crippen molar-refractivity contribution in [1.82, 2.24) is 15.5 Å². The third kappa shape index (κ3) is 3.14. The number of nitrogens with zero attached hydrogens (tertiary/aromatic N) is 1. The maximum absolute atomic E-state index is 12.4. The highest BCUT2D eigenvalue weighted by atomic mass is 35.5. The van der Waals surface area contributed by atoms with E-state index in [-0.39, 0.29) is 36.2 Å². The summed E-state index contributed by atoms with van der Waals surface area (Å²) in [6, 6.07) is -0.266. The number of piperidine rings is 1. The predicted octanol–water partition coefficient (Wildman–Crippen LogP) is 0.145. The Morgan fingerprint density at radius 2 is 2.22 bits per heavy atom. The Kier molecular flexibility index (Phi) is 5.88. The van der Waals surface area contributed by atoms with E-state index in [2.05, 4.69) is 10.6 Å². The predicted molar refractivity (Wildman–Crippen MR) is 71.6 cm³/mol. The van der Waals surface area contributed by atoms with Gasteiger partial charge in [-0.1, -0.05) is 6.92 Å². The smallest absolute Gasteiger partial charge is 0.242 e. The minimum absolute atomic E-state index is 0. The first kappa shape index (κ1) is 15.2. The number of hydrogen-bond donors (Lipinski definition) is 2. The van der Waals surface area contributed by atoms with Crippen molar-refractivity contribution >= 4 is 24.2 Å². The Labute approximate surface area is 114 Å². The minimum atomic E-state index is -0.266. The molecule has 2 fully saturated rings. The van der Waals surface area contributed by atoms with E-state index in [0.29, 0.717) is 19.5 Å². The van der Waals surface area contributed by atoms with Gasteiger partial charge in [-0.2, -0.15) is 0 Å². The number of nitrogens with one attached hydrogen (secondary N) is 2. The van der Waals surface area contributed by atoms with Gasteiger partial charge in [0, 0.05) is 19.6 Å². The second kappa shape index (κ2) is 6.95. The van der Waals surface area contributed by atoms with Crippen LogP contribution in [-0.2, 0) is 9.59 Å². The zero-order valence-electron chi connectivity index (χ0n) is 10.8. The summed E-state index contributed by atoms with van der Waals surface area (Å²) in [4.78, 5) is 25.9. The van der Waals surface area contributed by atoms with Crippen LogP contribution >= 0.6 is 12.4 Å². The maximum atomic E-state index is 12.4. The van der Waals surface area contributed by atoms with Crippen LogP contribution in [0.25, 0.3) is 0 Å². The highest BCUT2D eigenvalue weighted by Crippen LogP contribution is 2.17. The summed E-state index contributed by atoms with van der Waals surface area (Å²) in [5, 5.41) is 6.07. The highest BCUT2D eigenvalue weighted by Gasteiger charge is 2.35. The normalized spacial score (nSPS) is 28.3. The molecule has 2 atom stereocenters. The number of hydrogen-bond acceptors (Lipinski definition) is 3. The number of halogens is 1. The van der Waals surface area contributed by atoms with E-state index in [9.17, 15) is 9.59 Å². The molecule has 0 bridgehead atoms. The summed E-state index contributed by atoms with van der Waals surface area (Å²) in [7, 11) is 0. The number of carbonyl (C=O) groups excluding carboxylic acids is 2. The van der Waals surface area contributed by atoms with Crippen molar-refractivity contribution < 1.29 is 9.59 Å². The van der Waals surface area contributed by atoms with Gasteiger partial charge in [-0.05, 0) is 25.8 Å². The van der Waals surface area contributed by atoms with Crippen LogP contribution in [0, 0.1) is 5.92 Å². The molecule has 0 spiro atoms. The van der Waals surface area contributed by atoms with Crippen LogP contribution in [0.5, 0.6) is 0 Å². The van der Waals surface area contributed by atoms with Gasteiger partial charge in [0.15, 0.2) is 0 Å². The molecular weight excluding hydrogens is 254 g/mol. The number of rotatable bonds is 2. The second-order valence-electron chi connectivity index (χ2n) is 4.79. The highest BCUT2D eigenvalue weighted by molar-refractivity contribution is 5.89. The van der Waals surface area contributed by atoms with Gasteiger partial charge in [0.2, 0.25) is 11.8 Å². The van der Waals surface area contributed by atoms with E-state index in [0.717, 1.165) is 25.9 Å². The molecule has 2 amide bonds. The van der Waals surface area contributed by atoms with Crippen molar-refractivity contribution in [2.24, 2.45) is 5.92 Å². The fourth-order valence-corrected chi connectivity index (χ4v) is 2.68. The molecule has 0 aromatic carbocycles. The average molecular weight is 276 g/mol. The Morgan fingerprint density at radius 3 is 2.83 bits per heavy atom. The molecule has 0 radical (unpaired) electrons. The Morgan fingerprint density at radius 1 is 1.44 bits per heavy atom. The molecule has 6 heteroatoms. The van der Waals surface area contributed by atoms with Crippen LogP contribution in [-0.4, -0.2) is 48.9 Å². The molecule has 0 saturated carbocycles. The Bertz CT molecular complexity index is 306. The van der Waals surface area contributed by atoms with Gasteiger partial charge >= 0.3 is 0 Å². The molecule has 2 aliphatic rings. The zero-order chi connectivity index (χ0) is 12.3. The van der Waals surface area contributed by atoms with Crippen molar-refractivity contribution in [2.75, 3.05) is 26.2 Å². The van der Waals surface area contributed by atoms with Gasteiger partial charge < -0.3 is 15.5 Å². The molecule has 0 aliphatic carbocycles. The fourth-order valence-electron chi connectivity index (χ4n) is 2.68. The fraction of sp³-hybridized carbons (Fsp3) is 0.833. The summed E-state index contributed by atoms with van der Waals surface area (Å²) in [5.74, 6) is 0.207. The lowest BCUT2D eigenvalue weighted by Crippen LogP contribution is -2.59. The lowest BCUT2D eigenvalue weighted by molar-refractivity contribution is -0.146. The van der Waals surface area contributed by atoms with Crippen molar-refractivity contribution in [1.29, 1.82) is 0 Å². The largest absolute Gasteiger partial charge is 0.353 e. The molecule has 2 saturated heterocycles. The van der Waals surface area contributed by atoms with Crippen LogP contribution in [0.2, 0.25) is 0 Å². The number of carbonyl (C=O) groups is 2. The summed E-state index contributed by atoms with van der Waals surface area (Å²) < 4.78 is 0. The first-order chi connectivity index (χ1) is 8.24. The maximum Gasteiger partial charge on any atom is 0.242 e. The van der Waals surface area contributed by atoms with Crippen LogP contribution in [0.1, 0.15) is 26.2 Å². The van der Waals surface area contributed by atoms with E-state index >= 15 is 0 Å². The van der Waals surface area contributed by atoms with Gasteiger partial charge in [-0.3, -0.25) is 9.59 Å². The Hall–Kier alpha value is -0.810. The topological polar surface area (TPSA) is 61.4 Å². The molecule has 2 unspecified atom stereocenters. The van der Waals surface area contributed by atoms with Gasteiger partial charge in [0.25, 0.3) is 0 Å². The van der Waals surface area contributed by atoms with Gasteiger partial charge in [-0.25, -0.2) is 0 Å².